The lowest BCUT2D eigenvalue weighted by atomic mass is 10.2. The summed E-state index contributed by atoms with van der Waals surface area (Å²) < 4.78 is 14.3. The first kappa shape index (κ1) is 21.2. The topological polar surface area (TPSA) is 52.8 Å². The standard InChI is InChI=1S/C24H22N2O3S2/c1-28-20-12-13-22-21(16-20)26(14-15-30-2)24(31-22)25-23(27)17-8-10-19(11-9-17)29-18-6-4-3-5-7-18/h3-13,16H,14-15H2,1-2H3. The number of benzene rings is 3. The molecule has 0 atom stereocenters. The number of para-hydroxylation sites is 1. The first-order valence-electron chi connectivity index (χ1n) is 9.76. The number of nitrogens with zero attached hydrogens (tertiary/aromatic N) is 2. The quantitative estimate of drug-likeness (QED) is 0.367. The number of carbonyl (C=O) groups is 1. The van der Waals surface area contributed by atoms with Crippen molar-refractivity contribution in [1.82, 2.24) is 4.57 Å². The molecule has 0 spiro atoms. The van der Waals surface area contributed by atoms with Crippen molar-refractivity contribution in [3.63, 3.8) is 0 Å². The molecular weight excluding hydrogens is 428 g/mol. The van der Waals surface area contributed by atoms with Crippen LogP contribution in [0.1, 0.15) is 10.4 Å². The SMILES string of the molecule is COc1ccc2sc(=NC(=O)c3ccc(Oc4ccccc4)cc3)n(CCSC)c2c1. The molecule has 31 heavy (non-hydrogen) atoms. The van der Waals surface area contributed by atoms with Crippen LogP contribution in [0.4, 0.5) is 0 Å². The zero-order valence-electron chi connectivity index (χ0n) is 17.3. The minimum absolute atomic E-state index is 0.275. The number of thiazole rings is 1. The van der Waals surface area contributed by atoms with Gasteiger partial charge >= 0.3 is 0 Å². The van der Waals surface area contributed by atoms with Gasteiger partial charge in [-0.25, -0.2) is 0 Å². The molecule has 4 rings (SSSR count). The van der Waals surface area contributed by atoms with Gasteiger partial charge in [-0.05, 0) is 54.8 Å². The molecule has 4 aromatic rings. The minimum Gasteiger partial charge on any atom is -0.497 e. The Bertz CT molecular complexity index is 1250. The van der Waals surface area contributed by atoms with Crippen LogP contribution in [0.15, 0.2) is 77.8 Å². The molecule has 0 N–H and O–H groups in total. The van der Waals surface area contributed by atoms with Crippen molar-refractivity contribution in [2.45, 2.75) is 6.54 Å². The molecule has 158 valence electrons. The number of amides is 1. The van der Waals surface area contributed by atoms with Crippen molar-refractivity contribution in [1.29, 1.82) is 0 Å². The molecule has 1 aromatic heterocycles. The maximum atomic E-state index is 12.9. The normalized spacial score (nSPS) is 11.6. The van der Waals surface area contributed by atoms with Crippen LogP contribution in [0.3, 0.4) is 0 Å². The Hall–Kier alpha value is -3.03. The van der Waals surface area contributed by atoms with Gasteiger partial charge in [0.15, 0.2) is 4.80 Å². The second-order valence-corrected chi connectivity index (χ2v) is 8.71. The van der Waals surface area contributed by atoms with Gasteiger partial charge in [0.25, 0.3) is 5.91 Å². The van der Waals surface area contributed by atoms with Crippen LogP contribution in [0.25, 0.3) is 10.2 Å². The van der Waals surface area contributed by atoms with Crippen LogP contribution in [0.2, 0.25) is 0 Å². The average molecular weight is 451 g/mol. The van der Waals surface area contributed by atoms with Gasteiger partial charge in [0.05, 0.1) is 17.3 Å². The minimum atomic E-state index is -0.275. The van der Waals surface area contributed by atoms with Gasteiger partial charge in [0, 0.05) is 23.9 Å². The molecule has 0 aliphatic rings. The van der Waals surface area contributed by atoms with Crippen molar-refractivity contribution in [2.75, 3.05) is 19.1 Å². The number of hydrogen-bond donors (Lipinski definition) is 0. The van der Waals surface area contributed by atoms with Gasteiger partial charge < -0.3 is 14.0 Å². The Morgan fingerprint density at radius 2 is 1.71 bits per heavy atom. The number of aryl methyl sites for hydroxylation is 1. The summed E-state index contributed by atoms with van der Waals surface area (Å²) in [5.41, 5.74) is 1.54. The molecule has 7 heteroatoms. The maximum absolute atomic E-state index is 12.9. The number of ether oxygens (including phenoxy) is 2. The highest BCUT2D eigenvalue weighted by Gasteiger charge is 2.11. The van der Waals surface area contributed by atoms with E-state index in [1.807, 2.05) is 48.5 Å². The molecule has 0 aliphatic carbocycles. The second-order valence-electron chi connectivity index (χ2n) is 6.72. The lowest BCUT2D eigenvalue weighted by Crippen LogP contribution is -2.18. The van der Waals surface area contributed by atoms with Crippen molar-refractivity contribution in [3.05, 3.63) is 83.2 Å². The fourth-order valence-corrected chi connectivity index (χ4v) is 4.50. The number of hydrogen-bond acceptors (Lipinski definition) is 5. The Balaban J connectivity index is 1.63. The molecule has 0 saturated heterocycles. The molecule has 0 unspecified atom stereocenters. The van der Waals surface area contributed by atoms with Crippen molar-refractivity contribution < 1.29 is 14.3 Å². The first-order valence-corrected chi connectivity index (χ1v) is 12.0. The third-order valence-electron chi connectivity index (χ3n) is 4.69. The van der Waals surface area contributed by atoms with E-state index in [1.54, 1.807) is 43.1 Å². The summed E-state index contributed by atoms with van der Waals surface area (Å²) in [7, 11) is 1.65. The van der Waals surface area contributed by atoms with Gasteiger partial charge in [-0.15, -0.1) is 0 Å². The highest BCUT2D eigenvalue weighted by Crippen LogP contribution is 2.24. The third-order valence-corrected chi connectivity index (χ3v) is 6.34. The summed E-state index contributed by atoms with van der Waals surface area (Å²) in [5.74, 6) is 2.86. The number of methoxy groups -OCH3 is 1. The van der Waals surface area contributed by atoms with Crippen molar-refractivity contribution in [2.24, 2.45) is 4.99 Å². The van der Waals surface area contributed by atoms with Gasteiger partial charge in [0.2, 0.25) is 0 Å². The summed E-state index contributed by atoms with van der Waals surface area (Å²) in [6.45, 7) is 0.768. The Morgan fingerprint density at radius 1 is 1.00 bits per heavy atom. The zero-order valence-corrected chi connectivity index (χ0v) is 18.9. The summed E-state index contributed by atoms with van der Waals surface area (Å²) in [6, 6.07) is 22.5. The van der Waals surface area contributed by atoms with Gasteiger partial charge in [-0.3, -0.25) is 4.79 Å². The highest BCUT2D eigenvalue weighted by atomic mass is 32.2. The van der Waals surface area contributed by atoms with E-state index >= 15 is 0 Å². The van der Waals surface area contributed by atoms with E-state index in [-0.39, 0.29) is 5.91 Å². The van der Waals surface area contributed by atoms with E-state index in [2.05, 4.69) is 15.8 Å². The Morgan fingerprint density at radius 3 is 2.42 bits per heavy atom. The van der Waals surface area contributed by atoms with E-state index in [1.165, 1.54) is 11.3 Å². The molecule has 0 saturated carbocycles. The molecule has 5 nitrogen and oxygen atoms in total. The number of aromatic nitrogens is 1. The largest absolute Gasteiger partial charge is 0.497 e. The highest BCUT2D eigenvalue weighted by molar-refractivity contribution is 7.98. The number of fused-ring (bicyclic) bond motifs is 1. The van der Waals surface area contributed by atoms with Crippen LogP contribution in [0, 0.1) is 0 Å². The monoisotopic (exact) mass is 450 g/mol. The predicted molar refractivity (Wildman–Crippen MR) is 128 cm³/mol. The Kier molecular flexibility index (Phi) is 6.74. The van der Waals surface area contributed by atoms with Crippen LogP contribution in [-0.2, 0) is 6.54 Å². The van der Waals surface area contributed by atoms with Crippen LogP contribution >= 0.6 is 23.1 Å². The third kappa shape index (κ3) is 5.00. The Labute approximate surface area is 189 Å². The molecule has 0 fully saturated rings. The van der Waals surface area contributed by atoms with E-state index in [9.17, 15) is 4.79 Å². The van der Waals surface area contributed by atoms with E-state index in [0.717, 1.165) is 34.0 Å². The molecule has 0 bridgehead atoms. The smallest absolute Gasteiger partial charge is 0.279 e. The zero-order chi connectivity index (χ0) is 21.6. The van der Waals surface area contributed by atoms with Gasteiger partial charge in [-0.2, -0.15) is 16.8 Å². The molecule has 0 radical (unpaired) electrons. The lowest BCUT2D eigenvalue weighted by molar-refractivity contribution is 0.0998. The van der Waals surface area contributed by atoms with Crippen LogP contribution in [-0.4, -0.2) is 29.6 Å². The van der Waals surface area contributed by atoms with E-state index < -0.39 is 0 Å². The lowest BCUT2D eigenvalue weighted by Gasteiger charge is -2.06. The van der Waals surface area contributed by atoms with Crippen LogP contribution in [0.5, 0.6) is 17.2 Å². The number of thioether (sulfide) groups is 1. The first-order chi connectivity index (χ1) is 15.2. The van der Waals surface area contributed by atoms with E-state index in [4.69, 9.17) is 9.47 Å². The molecule has 1 amide bonds. The fourth-order valence-electron chi connectivity index (χ4n) is 3.10. The summed E-state index contributed by atoms with van der Waals surface area (Å²) in [4.78, 5) is 18.0. The molecule has 0 aliphatic heterocycles. The van der Waals surface area contributed by atoms with Crippen LogP contribution < -0.4 is 14.3 Å². The molecular formula is C24H22N2O3S2. The molecule has 1 heterocycles. The molecule has 3 aromatic carbocycles. The number of carbonyl (C=O) groups excluding carboxylic acids is 1. The average Bonchev–Trinajstić information content (AvgIpc) is 3.14. The number of rotatable bonds is 7. The fraction of sp³-hybridized carbons (Fsp3) is 0.167. The van der Waals surface area contributed by atoms with Gasteiger partial charge in [0.1, 0.15) is 17.2 Å². The summed E-state index contributed by atoms with van der Waals surface area (Å²) in [6.07, 6.45) is 2.07. The van der Waals surface area contributed by atoms with Crippen molar-refractivity contribution >= 4 is 39.2 Å². The predicted octanol–water partition coefficient (Wildman–Crippen LogP) is 5.61. The van der Waals surface area contributed by atoms with Crippen molar-refractivity contribution in [3.8, 4) is 17.2 Å². The summed E-state index contributed by atoms with van der Waals surface area (Å²) >= 11 is 3.26. The van der Waals surface area contributed by atoms with Gasteiger partial charge in [-0.1, -0.05) is 29.5 Å². The van der Waals surface area contributed by atoms with E-state index in [0.29, 0.717) is 16.1 Å². The summed E-state index contributed by atoms with van der Waals surface area (Å²) in [5, 5.41) is 0. The maximum Gasteiger partial charge on any atom is 0.279 e. The second kappa shape index (κ2) is 9.85.